The normalized spacial score (nSPS) is 10.4. The number of carbonyl (C=O) groups excluding carboxylic acids is 1. The first-order valence-electron chi connectivity index (χ1n) is 7.60. The zero-order valence-corrected chi connectivity index (χ0v) is 13.3. The molecule has 0 unspecified atom stereocenters. The summed E-state index contributed by atoms with van der Waals surface area (Å²) in [4.78, 5) is 28.6. The molecule has 120 valence electrons. The number of benzene rings is 1. The number of aromatic nitrogens is 2. The van der Waals surface area contributed by atoms with Gasteiger partial charge >= 0.3 is 0 Å². The van der Waals surface area contributed by atoms with Crippen LogP contribution in [0.1, 0.15) is 21.5 Å². The highest BCUT2D eigenvalue weighted by Gasteiger charge is 2.09. The first kappa shape index (κ1) is 15.7. The van der Waals surface area contributed by atoms with Gasteiger partial charge in [-0.05, 0) is 36.8 Å². The van der Waals surface area contributed by atoms with Crippen LogP contribution in [0.15, 0.2) is 71.9 Å². The highest BCUT2D eigenvalue weighted by molar-refractivity contribution is 6.04. The van der Waals surface area contributed by atoms with Crippen molar-refractivity contribution in [3.8, 4) is 0 Å². The second-order valence-corrected chi connectivity index (χ2v) is 5.53. The molecule has 1 N–H and O–H groups in total. The molecule has 0 bridgehead atoms. The van der Waals surface area contributed by atoms with Gasteiger partial charge in [-0.25, -0.2) is 0 Å². The Morgan fingerprint density at radius 2 is 1.79 bits per heavy atom. The van der Waals surface area contributed by atoms with Crippen LogP contribution in [0, 0.1) is 6.92 Å². The third-order valence-electron chi connectivity index (χ3n) is 3.68. The van der Waals surface area contributed by atoms with E-state index in [1.165, 1.54) is 18.0 Å². The molecule has 0 spiro atoms. The van der Waals surface area contributed by atoms with Gasteiger partial charge in [0.2, 0.25) is 0 Å². The van der Waals surface area contributed by atoms with Crippen LogP contribution in [-0.4, -0.2) is 15.5 Å². The SMILES string of the molecule is Cc1ccc(Cn2cccc(NC(=O)c3ccncc3)c2=O)cc1. The van der Waals surface area contributed by atoms with E-state index in [1.54, 1.807) is 35.0 Å². The monoisotopic (exact) mass is 319 g/mol. The Morgan fingerprint density at radius 3 is 2.50 bits per heavy atom. The van der Waals surface area contributed by atoms with E-state index < -0.39 is 0 Å². The quantitative estimate of drug-likeness (QED) is 0.804. The summed E-state index contributed by atoms with van der Waals surface area (Å²) in [5, 5.41) is 2.66. The molecular weight excluding hydrogens is 302 g/mol. The van der Waals surface area contributed by atoms with E-state index in [0.717, 1.165) is 5.56 Å². The number of amides is 1. The number of pyridine rings is 2. The first-order chi connectivity index (χ1) is 11.6. The lowest BCUT2D eigenvalue weighted by atomic mass is 10.1. The molecule has 5 heteroatoms. The van der Waals surface area contributed by atoms with E-state index in [9.17, 15) is 9.59 Å². The molecule has 0 aliphatic carbocycles. The Kier molecular flexibility index (Phi) is 4.52. The Balaban J connectivity index is 1.82. The molecule has 1 aromatic carbocycles. The zero-order chi connectivity index (χ0) is 16.9. The minimum Gasteiger partial charge on any atom is -0.317 e. The number of nitrogens with zero attached hydrogens (tertiary/aromatic N) is 2. The summed E-state index contributed by atoms with van der Waals surface area (Å²) in [5.74, 6) is -0.331. The first-order valence-corrected chi connectivity index (χ1v) is 7.60. The lowest BCUT2D eigenvalue weighted by Gasteiger charge is -2.09. The number of aryl methyl sites for hydroxylation is 1. The maximum atomic E-state index is 12.5. The van der Waals surface area contributed by atoms with Crippen LogP contribution in [0.4, 0.5) is 5.69 Å². The average Bonchev–Trinajstić information content (AvgIpc) is 2.61. The van der Waals surface area contributed by atoms with E-state index >= 15 is 0 Å². The molecule has 2 aromatic heterocycles. The van der Waals surface area contributed by atoms with Gasteiger partial charge in [-0.15, -0.1) is 0 Å². The van der Waals surface area contributed by atoms with Gasteiger partial charge in [-0.1, -0.05) is 29.8 Å². The molecule has 1 amide bonds. The van der Waals surface area contributed by atoms with Crippen LogP contribution in [0.5, 0.6) is 0 Å². The molecule has 0 saturated heterocycles. The molecule has 5 nitrogen and oxygen atoms in total. The second kappa shape index (κ2) is 6.91. The van der Waals surface area contributed by atoms with E-state index in [1.807, 2.05) is 31.2 Å². The van der Waals surface area contributed by atoms with E-state index in [-0.39, 0.29) is 17.2 Å². The molecule has 3 rings (SSSR count). The van der Waals surface area contributed by atoms with Crippen LogP contribution in [0.2, 0.25) is 0 Å². The van der Waals surface area contributed by atoms with Gasteiger partial charge in [0, 0.05) is 24.2 Å². The number of rotatable bonds is 4. The van der Waals surface area contributed by atoms with Crippen molar-refractivity contribution < 1.29 is 4.79 Å². The summed E-state index contributed by atoms with van der Waals surface area (Å²) in [6, 6.07) is 14.6. The maximum absolute atomic E-state index is 12.5. The van der Waals surface area contributed by atoms with Gasteiger partial charge in [0.25, 0.3) is 11.5 Å². The maximum Gasteiger partial charge on any atom is 0.274 e. The van der Waals surface area contributed by atoms with E-state index in [4.69, 9.17) is 0 Å². The Bertz CT molecular complexity index is 900. The third kappa shape index (κ3) is 3.57. The molecular formula is C19H17N3O2. The van der Waals surface area contributed by atoms with Crippen molar-refractivity contribution in [2.24, 2.45) is 0 Å². The highest BCUT2D eigenvalue weighted by Crippen LogP contribution is 2.07. The fourth-order valence-corrected chi connectivity index (χ4v) is 2.34. The lowest BCUT2D eigenvalue weighted by Crippen LogP contribution is -2.25. The predicted octanol–water partition coefficient (Wildman–Crippen LogP) is 2.85. The number of nitrogens with one attached hydrogen (secondary N) is 1. The minimum absolute atomic E-state index is 0.236. The molecule has 0 aliphatic heterocycles. The topological polar surface area (TPSA) is 64.0 Å². The predicted molar refractivity (Wildman–Crippen MR) is 93.2 cm³/mol. The standard InChI is InChI=1S/C19H17N3O2/c1-14-4-6-15(7-5-14)13-22-12-2-3-17(19(22)24)21-18(23)16-8-10-20-11-9-16/h2-12H,13H2,1H3,(H,21,23). The van der Waals surface area contributed by atoms with Gasteiger partial charge < -0.3 is 9.88 Å². The number of carbonyl (C=O) groups is 1. The Labute approximate surface area is 139 Å². The van der Waals surface area contributed by atoms with Crippen LogP contribution in [-0.2, 0) is 6.54 Å². The van der Waals surface area contributed by atoms with Crippen molar-refractivity contribution in [3.63, 3.8) is 0 Å². The molecule has 0 fully saturated rings. The molecule has 24 heavy (non-hydrogen) atoms. The molecule has 0 radical (unpaired) electrons. The second-order valence-electron chi connectivity index (χ2n) is 5.53. The average molecular weight is 319 g/mol. The Hall–Kier alpha value is -3.21. The van der Waals surface area contributed by atoms with Crippen LogP contribution in [0.25, 0.3) is 0 Å². The zero-order valence-electron chi connectivity index (χ0n) is 13.3. The van der Waals surface area contributed by atoms with Crippen LogP contribution >= 0.6 is 0 Å². The van der Waals surface area contributed by atoms with Crippen molar-refractivity contribution in [2.45, 2.75) is 13.5 Å². The summed E-state index contributed by atoms with van der Waals surface area (Å²) < 4.78 is 1.58. The summed E-state index contributed by atoms with van der Waals surface area (Å²) in [6.07, 6.45) is 4.79. The summed E-state index contributed by atoms with van der Waals surface area (Å²) in [7, 11) is 0. The van der Waals surface area contributed by atoms with E-state index in [0.29, 0.717) is 12.1 Å². The van der Waals surface area contributed by atoms with Gasteiger partial charge in [-0.3, -0.25) is 14.6 Å². The largest absolute Gasteiger partial charge is 0.317 e. The minimum atomic E-state index is -0.331. The number of hydrogen-bond acceptors (Lipinski definition) is 3. The molecule has 3 aromatic rings. The third-order valence-corrected chi connectivity index (χ3v) is 3.68. The van der Waals surface area contributed by atoms with Gasteiger partial charge in [0.15, 0.2) is 0 Å². The van der Waals surface area contributed by atoms with Crippen molar-refractivity contribution in [1.82, 2.24) is 9.55 Å². The van der Waals surface area contributed by atoms with Crippen LogP contribution in [0.3, 0.4) is 0 Å². The van der Waals surface area contributed by atoms with Crippen molar-refractivity contribution >= 4 is 11.6 Å². The van der Waals surface area contributed by atoms with Gasteiger partial charge in [-0.2, -0.15) is 0 Å². The Morgan fingerprint density at radius 1 is 1.08 bits per heavy atom. The molecule has 0 saturated carbocycles. The fourth-order valence-electron chi connectivity index (χ4n) is 2.34. The smallest absolute Gasteiger partial charge is 0.274 e. The number of hydrogen-bond donors (Lipinski definition) is 1. The van der Waals surface area contributed by atoms with Crippen molar-refractivity contribution in [2.75, 3.05) is 5.32 Å². The van der Waals surface area contributed by atoms with Gasteiger partial charge in [0.1, 0.15) is 5.69 Å². The summed E-state index contributed by atoms with van der Waals surface area (Å²) in [6.45, 7) is 2.48. The van der Waals surface area contributed by atoms with Crippen molar-refractivity contribution in [3.05, 3.63) is 94.2 Å². The number of anilines is 1. The van der Waals surface area contributed by atoms with Crippen molar-refractivity contribution in [1.29, 1.82) is 0 Å². The van der Waals surface area contributed by atoms with Crippen LogP contribution < -0.4 is 10.9 Å². The summed E-state index contributed by atoms with van der Waals surface area (Å²) >= 11 is 0. The van der Waals surface area contributed by atoms with Gasteiger partial charge in [0.05, 0.1) is 6.54 Å². The summed E-state index contributed by atoms with van der Waals surface area (Å²) in [5.41, 5.74) is 2.68. The fraction of sp³-hybridized carbons (Fsp3) is 0.105. The van der Waals surface area contributed by atoms with E-state index in [2.05, 4.69) is 10.3 Å². The lowest BCUT2D eigenvalue weighted by molar-refractivity contribution is 0.102. The molecule has 2 heterocycles. The highest BCUT2D eigenvalue weighted by atomic mass is 16.2. The molecule has 0 aliphatic rings. The molecule has 0 atom stereocenters.